The number of hydrogen-bond acceptors (Lipinski definition) is 7. The molecule has 0 radical (unpaired) electrons. The summed E-state index contributed by atoms with van der Waals surface area (Å²) in [5.74, 6) is 3.26. The molecule has 3 aliphatic rings. The Labute approximate surface area is 245 Å². The van der Waals surface area contributed by atoms with Crippen LogP contribution in [0.3, 0.4) is 0 Å². The largest absolute Gasteiger partial charge is 0.493 e. The number of rotatable bonds is 8. The van der Waals surface area contributed by atoms with Gasteiger partial charge in [-0.2, -0.15) is 0 Å². The van der Waals surface area contributed by atoms with E-state index in [1.807, 2.05) is 31.2 Å². The summed E-state index contributed by atoms with van der Waals surface area (Å²) in [4.78, 5) is 18.4. The maximum Gasteiger partial charge on any atom is 0.338 e. The number of aromatic amines is 1. The Morgan fingerprint density at radius 1 is 1.05 bits per heavy atom. The third kappa shape index (κ3) is 4.45. The van der Waals surface area contributed by atoms with Gasteiger partial charge in [0.2, 0.25) is 6.79 Å². The lowest BCUT2D eigenvalue weighted by Gasteiger charge is -2.46. The molecule has 0 spiro atoms. The highest BCUT2D eigenvalue weighted by Crippen LogP contribution is 2.53. The lowest BCUT2D eigenvalue weighted by Crippen LogP contribution is -2.42. The van der Waals surface area contributed by atoms with Gasteiger partial charge in [0.25, 0.3) is 0 Å². The smallest absolute Gasteiger partial charge is 0.338 e. The van der Waals surface area contributed by atoms with E-state index in [1.165, 1.54) is 27.8 Å². The van der Waals surface area contributed by atoms with Crippen molar-refractivity contribution in [1.82, 2.24) is 9.88 Å². The highest BCUT2D eigenvalue weighted by atomic mass is 16.7. The van der Waals surface area contributed by atoms with Gasteiger partial charge < -0.3 is 28.7 Å². The summed E-state index contributed by atoms with van der Waals surface area (Å²) in [6, 6.07) is 14.6. The molecule has 0 bridgehead atoms. The third-order valence-corrected chi connectivity index (χ3v) is 9.08. The molecular formula is C34H36N2O6. The summed E-state index contributed by atoms with van der Waals surface area (Å²) in [6.07, 6.45) is 5.91. The van der Waals surface area contributed by atoms with Gasteiger partial charge in [-0.15, -0.1) is 0 Å². The van der Waals surface area contributed by atoms with Crippen molar-refractivity contribution in [2.75, 3.05) is 34.2 Å². The van der Waals surface area contributed by atoms with E-state index in [4.69, 9.17) is 23.7 Å². The van der Waals surface area contributed by atoms with Gasteiger partial charge in [0.1, 0.15) is 0 Å². The Kier molecular flexibility index (Phi) is 6.94. The van der Waals surface area contributed by atoms with Gasteiger partial charge in [0.05, 0.1) is 26.4 Å². The summed E-state index contributed by atoms with van der Waals surface area (Å²) in [5.41, 5.74) is 8.04. The SMILES string of the molecule is CCOC(=O)c1ccc2[nH]cc(CCCC3c4ccc(OC)c(OC)c4CN4CCc5cc6c(cc5C34)OCO6)c2c1. The molecule has 3 aliphatic heterocycles. The molecule has 0 saturated carbocycles. The molecule has 8 nitrogen and oxygen atoms in total. The van der Waals surface area contributed by atoms with Crippen molar-refractivity contribution in [1.29, 1.82) is 0 Å². The first kappa shape index (κ1) is 26.7. The molecule has 7 rings (SSSR count). The maximum atomic E-state index is 12.4. The summed E-state index contributed by atoms with van der Waals surface area (Å²) < 4.78 is 28.4. The zero-order valence-electron chi connectivity index (χ0n) is 24.3. The molecule has 8 heteroatoms. The van der Waals surface area contributed by atoms with Gasteiger partial charge in [-0.3, -0.25) is 4.90 Å². The van der Waals surface area contributed by atoms with E-state index in [-0.39, 0.29) is 24.7 Å². The second kappa shape index (κ2) is 10.9. The quantitative estimate of drug-likeness (QED) is 0.250. The third-order valence-electron chi connectivity index (χ3n) is 9.08. The van der Waals surface area contributed by atoms with Crippen molar-refractivity contribution >= 4 is 16.9 Å². The number of esters is 1. The molecule has 2 atom stereocenters. The number of hydrogen-bond donors (Lipinski definition) is 1. The fourth-order valence-corrected chi connectivity index (χ4v) is 7.18. The van der Waals surface area contributed by atoms with E-state index >= 15 is 0 Å². The molecular weight excluding hydrogens is 532 g/mol. The maximum absolute atomic E-state index is 12.4. The minimum atomic E-state index is -0.286. The van der Waals surface area contributed by atoms with Crippen molar-refractivity contribution < 1.29 is 28.5 Å². The molecule has 0 fully saturated rings. The van der Waals surface area contributed by atoms with Gasteiger partial charge in [0.15, 0.2) is 23.0 Å². The number of carbonyl (C=O) groups excluding carboxylic acids is 1. The van der Waals surface area contributed by atoms with Crippen molar-refractivity contribution in [2.24, 2.45) is 0 Å². The lowest BCUT2D eigenvalue weighted by molar-refractivity contribution is 0.0526. The standard InChI is InChI=1S/C34H36N2O6/c1-4-40-34(37)21-8-10-28-25(14-21)22(17-35-28)6-5-7-24-23-9-11-29(38-2)33(39-3)27(23)18-36-13-12-20-15-30-31(42-19-41-30)16-26(20)32(24)36/h8-11,14-17,24,32,35H,4-7,12-13,18-19H2,1-3H3. The first-order chi connectivity index (χ1) is 20.6. The van der Waals surface area contributed by atoms with E-state index in [0.717, 1.165) is 72.7 Å². The van der Waals surface area contributed by atoms with E-state index in [2.05, 4.69) is 34.3 Å². The first-order valence-electron chi connectivity index (χ1n) is 14.8. The van der Waals surface area contributed by atoms with Crippen LogP contribution in [0, 0.1) is 0 Å². The highest BCUT2D eigenvalue weighted by molar-refractivity contribution is 5.95. The number of nitrogens with zero attached hydrogens (tertiary/aromatic N) is 1. The van der Waals surface area contributed by atoms with Crippen molar-refractivity contribution in [2.45, 2.75) is 51.1 Å². The number of H-pyrrole nitrogens is 1. The first-order valence-corrected chi connectivity index (χ1v) is 14.8. The van der Waals surface area contributed by atoms with E-state index < -0.39 is 0 Å². The van der Waals surface area contributed by atoms with Crippen LogP contribution in [0.2, 0.25) is 0 Å². The number of aryl methyl sites for hydroxylation is 1. The second-order valence-electron chi connectivity index (χ2n) is 11.2. The fraction of sp³-hybridized carbons (Fsp3) is 0.382. The van der Waals surface area contributed by atoms with Crippen molar-refractivity contribution in [3.05, 3.63) is 82.0 Å². The van der Waals surface area contributed by atoms with Crippen LogP contribution in [0.15, 0.2) is 48.7 Å². The lowest BCUT2D eigenvalue weighted by atomic mass is 9.74. The predicted molar refractivity (Wildman–Crippen MR) is 159 cm³/mol. The Morgan fingerprint density at radius 2 is 1.90 bits per heavy atom. The van der Waals surface area contributed by atoms with E-state index in [1.54, 1.807) is 14.2 Å². The number of nitrogens with one attached hydrogen (secondary N) is 1. The second-order valence-corrected chi connectivity index (χ2v) is 11.2. The van der Waals surface area contributed by atoms with Gasteiger partial charge in [0, 0.05) is 47.7 Å². The zero-order valence-corrected chi connectivity index (χ0v) is 24.3. The Hall–Kier alpha value is -4.17. The zero-order chi connectivity index (χ0) is 28.8. The van der Waals surface area contributed by atoms with Crippen LogP contribution in [-0.4, -0.2) is 50.0 Å². The monoisotopic (exact) mass is 568 g/mol. The average Bonchev–Trinajstić information content (AvgIpc) is 3.65. The van der Waals surface area contributed by atoms with Crippen molar-refractivity contribution in [3.63, 3.8) is 0 Å². The molecule has 4 aromatic rings. The van der Waals surface area contributed by atoms with Gasteiger partial charge >= 0.3 is 5.97 Å². The summed E-state index contributed by atoms with van der Waals surface area (Å²) in [5, 5.41) is 1.08. The summed E-state index contributed by atoms with van der Waals surface area (Å²) >= 11 is 0. The van der Waals surface area contributed by atoms with Crippen LogP contribution in [0.25, 0.3) is 10.9 Å². The van der Waals surface area contributed by atoms with Gasteiger partial charge in [-0.05, 0) is 91.3 Å². The summed E-state index contributed by atoms with van der Waals surface area (Å²) in [6.45, 7) is 4.24. The number of carbonyl (C=O) groups is 1. The van der Waals surface area contributed by atoms with Gasteiger partial charge in [-0.1, -0.05) is 6.07 Å². The molecule has 2 unspecified atom stereocenters. The molecule has 4 heterocycles. The Bertz CT molecular complexity index is 1660. The molecule has 0 saturated heterocycles. The van der Waals surface area contributed by atoms with Crippen LogP contribution in [0.5, 0.6) is 23.0 Å². The highest BCUT2D eigenvalue weighted by Gasteiger charge is 2.41. The van der Waals surface area contributed by atoms with Crippen LogP contribution < -0.4 is 18.9 Å². The topological polar surface area (TPSA) is 82.3 Å². The minimum Gasteiger partial charge on any atom is -0.493 e. The molecule has 42 heavy (non-hydrogen) atoms. The predicted octanol–water partition coefficient (Wildman–Crippen LogP) is 6.31. The van der Waals surface area contributed by atoms with E-state index in [9.17, 15) is 4.79 Å². The number of fused-ring (bicyclic) bond motifs is 6. The average molecular weight is 569 g/mol. The number of aromatic nitrogens is 1. The Morgan fingerprint density at radius 3 is 2.71 bits per heavy atom. The Balaban J connectivity index is 1.23. The van der Waals surface area contributed by atoms with Crippen molar-refractivity contribution in [3.8, 4) is 23.0 Å². The molecule has 1 aromatic heterocycles. The molecule has 0 amide bonds. The minimum absolute atomic E-state index is 0.229. The number of methoxy groups -OCH3 is 2. The van der Waals surface area contributed by atoms with E-state index in [0.29, 0.717) is 12.2 Å². The van der Waals surface area contributed by atoms with Crippen LogP contribution in [0.4, 0.5) is 0 Å². The molecule has 218 valence electrons. The van der Waals surface area contributed by atoms with Crippen LogP contribution >= 0.6 is 0 Å². The fourth-order valence-electron chi connectivity index (χ4n) is 7.18. The molecule has 0 aliphatic carbocycles. The van der Waals surface area contributed by atoms with Crippen LogP contribution in [0.1, 0.15) is 69.9 Å². The number of ether oxygens (including phenoxy) is 5. The molecule has 1 N–H and O–H groups in total. The normalized spacial score (nSPS) is 18.7. The summed E-state index contributed by atoms with van der Waals surface area (Å²) in [7, 11) is 3.43. The molecule has 3 aromatic carbocycles. The van der Waals surface area contributed by atoms with Crippen LogP contribution in [-0.2, 0) is 24.1 Å². The van der Waals surface area contributed by atoms with Gasteiger partial charge in [-0.25, -0.2) is 4.79 Å². The number of benzene rings is 3.